The molecule has 0 heterocycles. The van der Waals surface area contributed by atoms with Gasteiger partial charge in [-0.1, -0.05) is 18.6 Å². The fourth-order valence-electron chi connectivity index (χ4n) is 1.22. The number of aliphatic hydroxyl groups is 1. The van der Waals surface area contributed by atoms with Crippen LogP contribution >= 0.6 is 0 Å². The number of hydrogen-bond donors (Lipinski definition) is 1. The van der Waals surface area contributed by atoms with Crippen LogP contribution in [0.15, 0.2) is 11.6 Å². The highest BCUT2D eigenvalue weighted by molar-refractivity contribution is 5.07. The molecule has 2 atom stereocenters. The Bertz CT molecular complexity index is 127. The van der Waals surface area contributed by atoms with E-state index in [9.17, 15) is 5.11 Å². The van der Waals surface area contributed by atoms with Gasteiger partial charge < -0.3 is 5.11 Å². The van der Waals surface area contributed by atoms with Gasteiger partial charge in [-0.15, -0.1) is 0 Å². The number of allylic oxidation sites excluding steroid dienone is 1. The Hall–Kier alpha value is -0.300. The fraction of sp³-hybridized carbons (Fsp3) is 0.750. The van der Waals surface area contributed by atoms with Gasteiger partial charge in [0.25, 0.3) is 0 Å². The predicted molar refractivity (Wildman–Crippen MR) is 38.2 cm³/mol. The lowest BCUT2D eigenvalue weighted by Crippen LogP contribution is -2.21. The maximum atomic E-state index is 9.31. The summed E-state index contributed by atoms with van der Waals surface area (Å²) in [7, 11) is 0. The second-order valence-corrected chi connectivity index (χ2v) is 2.88. The van der Waals surface area contributed by atoms with Gasteiger partial charge in [0.15, 0.2) is 0 Å². The van der Waals surface area contributed by atoms with Crippen molar-refractivity contribution in [3.05, 3.63) is 11.6 Å². The average Bonchev–Trinajstić information content (AvgIpc) is 1.83. The molecule has 0 saturated carbocycles. The summed E-state index contributed by atoms with van der Waals surface area (Å²) in [6, 6.07) is 0. The van der Waals surface area contributed by atoms with E-state index in [1.807, 2.05) is 0 Å². The molecular weight excluding hydrogens is 112 g/mol. The molecule has 9 heavy (non-hydrogen) atoms. The van der Waals surface area contributed by atoms with Crippen molar-refractivity contribution < 1.29 is 5.11 Å². The molecule has 1 heteroatoms. The summed E-state index contributed by atoms with van der Waals surface area (Å²) in [5.74, 6) is 0.388. The monoisotopic (exact) mass is 126 g/mol. The van der Waals surface area contributed by atoms with Crippen LogP contribution in [0.25, 0.3) is 0 Å². The maximum absolute atomic E-state index is 9.31. The smallest absolute Gasteiger partial charge is 0.0605 e. The Morgan fingerprint density at radius 2 is 2.33 bits per heavy atom. The minimum atomic E-state index is -0.0880. The van der Waals surface area contributed by atoms with E-state index in [2.05, 4.69) is 19.9 Å². The summed E-state index contributed by atoms with van der Waals surface area (Å²) in [6.45, 7) is 4.17. The van der Waals surface area contributed by atoms with Crippen LogP contribution in [0.4, 0.5) is 0 Å². The van der Waals surface area contributed by atoms with Crippen LogP contribution in [0.1, 0.15) is 26.7 Å². The van der Waals surface area contributed by atoms with Gasteiger partial charge in [-0.05, 0) is 19.8 Å². The van der Waals surface area contributed by atoms with Crippen LogP contribution in [0.2, 0.25) is 0 Å². The highest BCUT2D eigenvalue weighted by Gasteiger charge is 2.18. The van der Waals surface area contributed by atoms with E-state index in [0.29, 0.717) is 5.92 Å². The molecule has 2 unspecified atom stereocenters. The molecule has 0 aromatic rings. The molecule has 1 rings (SSSR count). The van der Waals surface area contributed by atoms with Crippen molar-refractivity contribution in [2.75, 3.05) is 0 Å². The first-order chi connectivity index (χ1) is 4.22. The van der Waals surface area contributed by atoms with Crippen molar-refractivity contribution in [3.8, 4) is 0 Å². The van der Waals surface area contributed by atoms with Crippen LogP contribution in [0.5, 0.6) is 0 Å². The largest absolute Gasteiger partial charge is 0.393 e. The normalized spacial score (nSPS) is 36.1. The Labute approximate surface area is 56.4 Å². The lowest BCUT2D eigenvalue weighted by molar-refractivity contribution is 0.118. The molecule has 1 aliphatic rings. The van der Waals surface area contributed by atoms with Crippen LogP contribution in [-0.4, -0.2) is 11.2 Å². The van der Waals surface area contributed by atoms with E-state index in [1.54, 1.807) is 0 Å². The zero-order valence-corrected chi connectivity index (χ0v) is 6.09. The van der Waals surface area contributed by atoms with Gasteiger partial charge in [0.05, 0.1) is 6.10 Å². The SMILES string of the molecule is CC1=CCCC(O)C1C. The molecule has 0 aliphatic heterocycles. The number of aliphatic hydroxyl groups excluding tert-OH is 1. The van der Waals surface area contributed by atoms with Crippen LogP contribution in [0, 0.1) is 5.92 Å². The zero-order chi connectivity index (χ0) is 6.85. The quantitative estimate of drug-likeness (QED) is 0.490. The Kier molecular flexibility index (Phi) is 1.91. The molecule has 1 nitrogen and oxygen atoms in total. The summed E-state index contributed by atoms with van der Waals surface area (Å²) >= 11 is 0. The molecule has 0 saturated heterocycles. The molecule has 0 radical (unpaired) electrons. The topological polar surface area (TPSA) is 20.2 Å². The highest BCUT2D eigenvalue weighted by atomic mass is 16.3. The molecule has 0 fully saturated rings. The minimum absolute atomic E-state index is 0.0880. The lowest BCUT2D eigenvalue weighted by Gasteiger charge is -2.23. The minimum Gasteiger partial charge on any atom is -0.393 e. The van der Waals surface area contributed by atoms with Crippen molar-refractivity contribution in [2.45, 2.75) is 32.8 Å². The number of hydrogen-bond acceptors (Lipinski definition) is 1. The van der Waals surface area contributed by atoms with E-state index in [1.165, 1.54) is 5.57 Å². The van der Waals surface area contributed by atoms with Crippen molar-refractivity contribution in [3.63, 3.8) is 0 Å². The van der Waals surface area contributed by atoms with Crippen LogP contribution in [-0.2, 0) is 0 Å². The van der Waals surface area contributed by atoms with Gasteiger partial charge >= 0.3 is 0 Å². The summed E-state index contributed by atoms with van der Waals surface area (Å²) < 4.78 is 0. The lowest BCUT2D eigenvalue weighted by atomic mass is 9.88. The molecule has 0 spiro atoms. The molecule has 0 amide bonds. The molecule has 0 aromatic heterocycles. The second kappa shape index (κ2) is 2.53. The van der Waals surface area contributed by atoms with Gasteiger partial charge in [-0.25, -0.2) is 0 Å². The van der Waals surface area contributed by atoms with E-state index in [0.717, 1.165) is 12.8 Å². The molecular formula is C8H14O. The summed E-state index contributed by atoms with van der Waals surface area (Å²) in [4.78, 5) is 0. The van der Waals surface area contributed by atoms with Gasteiger partial charge in [0.2, 0.25) is 0 Å². The van der Waals surface area contributed by atoms with E-state index in [-0.39, 0.29) is 6.10 Å². The molecule has 1 aliphatic carbocycles. The van der Waals surface area contributed by atoms with Gasteiger partial charge in [-0.2, -0.15) is 0 Å². The van der Waals surface area contributed by atoms with Crippen molar-refractivity contribution >= 4 is 0 Å². The average molecular weight is 126 g/mol. The fourth-order valence-corrected chi connectivity index (χ4v) is 1.22. The Morgan fingerprint density at radius 1 is 1.67 bits per heavy atom. The van der Waals surface area contributed by atoms with E-state index >= 15 is 0 Å². The third-order valence-electron chi connectivity index (χ3n) is 2.22. The summed E-state index contributed by atoms with van der Waals surface area (Å²) in [5, 5.41) is 9.31. The third kappa shape index (κ3) is 1.33. The van der Waals surface area contributed by atoms with Crippen LogP contribution < -0.4 is 0 Å². The Balaban J connectivity index is 2.62. The first kappa shape index (κ1) is 6.81. The standard InChI is InChI=1S/C8H14O/c1-6-4-3-5-8(9)7(6)2/h4,7-9H,3,5H2,1-2H3. The first-order valence-electron chi connectivity index (χ1n) is 3.56. The highest BCUT2D eigenvalue weighted by Crippen LogP contribution is 2.23. The van der Waals surface area contributed by atoms with Crippen molar-refractivity contribution in [1.29, 1.82) is 0 Å². The van der Waals surface area contributed by atoms with Gasteiger partial charge in [0, 0.05) is 5.92 Å². The van der Waals surface area contributed by atoms with Gasteiger partial charge in [0.1, 0.15) is 0 Å². The maximum Gasteiger partial charge on any atom is 0.0605 e. The molecule has 52 valence electrons. The molecule has 0 aromatic carbocycles. The van der Waals surface area contributed by atoms with Crippen molar-refractivity contribution in [2.24, 2.45) is 5.92 Å². The second-order valence-electron chi connectivity index (χ2n) is 2.88. The predicted octanol–water partition coefficient (Wildman–Crippen LogP) is 1.72. The Morgan fingerprint density at radius 3 is 2.78 bits per heavy atom. The van der Waals surface area contributed by atoms with E-state index in [4.69, 9.17) is 0 Å². The third-order valence-corrected chi connectivity index (χ3v) is 2.22. The van der Waals surface area contributed by atoms with Gasteiger partial charge in [-0.3, -0.25) is 0 Å². The first-order valence-corrected chi connectivity index (χ1v) is 3.56. The summed E-state index contributed by atoms with van der Waals surface area (Å²) in [6.07, 6.45) is 4.13. The summed E-state index contributed by atoms with van der Waals surface area (Å²) in [5.41, 5.74) is 1.34. The molecule has 0 bridgehead atoms. The zero-order valence-electron chi connectivity index (χ0n) is 6.09. The van der Waals surface area contributed by atoms with E-state index < -0.39 is 0 Å². The van der Waals surface area contributed by atoms with Crippen LogP contribution in [0.3, 0.4) is 0 Å². The molecule has 1 N–H and O–H groups in total. The number of rotatable bonds is 0. The van der Waals surface area contributed by atoms with Crippen molar-refractivity contribution in [1.82, 2.24) is 0 Å².